The van der Waals surface area contributed by atoms with Crippen molar-refractivity contribution in [2.75, 3.05) is 13.1 Å². The van der Waals surface area contributed by atoms with Crippen molar-refractivity contribution < 1.29 is 9.18 Å². The SMILES string of the molecule is CCCc1nc2cccnc2n1[C@@H]1CCN(C(=O)Cc2cccc(F)c2)C1. The first-order valence-electron chi connectivity index (χ1n) is 9.49. The lowest BCUT2D eigenvalue weighted by atomic mass is 10.1. The smallest absolute Gasteiger partial charge is 0.227 e. The highest BCUT2D eigenvalue weighted by Crippen LogP contribution is 2.28. The molecule has 4 rings (SSSR count). The molecule has 0 spiro atoms. The summed E-state index contributed by atoms with van der Waals surface area (Å²) in [5.41, 5.74) is 2.51. The van der Waals surface area contributed by atoms with Crippen molar-refractivity contribution >= 4 is 17.1 Å². The lowest BCUT2D eigenvalue weighted by Gasteiger charge is -2.19. The number of halogens is 1. The molecule has 1 atom stereocenters. The Morgan fingerprint density at radius 1 is 1.30 bits per heavy atom. The van der Waals surface area contributed by atoms with Crippen molar-refractivity contribution in [3.8, 4) is 0 Å². The van der Waals surface area contributed by atoms with E-state index in [2.05, 4.69) is 16.5 Å². The standard InChI is InChI=1S/C21H23FN4O/c1-2-5-19-24-18-8-4-10-23-21(18)26(19)17-9-11-25(14-17)20(27)13-15-6-3-7-16(22)12-15/h3-4,6-8,10,12,17H,2,5,9,11,13-14H2,1H3/t17-/m1/s1. The van der Waals surface area contributed by atoms with Crippen LogP contribution in [0, 0.1) is 5.82 Å². The van der Waals surface area contributed by atoms with Gasteiger partial charge in [-0.2, -0.15) is 0 Å². The summed E-state index contributed by atoms with van der Waals surface area (Å²) < 4.78 is 15.6. The van der Waals surface area contributed by atoms with Gasteiger partial charge >= 0.3 is 0 Å². The fourth-order valence-corrected chi connectivity index (χ4v) is 3.87. The summed E-state index contributed by atoms with van der Waals surface area (Å²) in [6, 6.07) is 10.3. The predicted molar refractivity (Wildman–Crippen MR) is 102 cm³/mol. The van der Waals surface area contributed by atoms with E-state index in [1.807, 2.05) is 17.0 Å². The van der Waals surface area contributed by atoms with Gasteiger partial charge in [-0.1, -0.05) is 19.1 Å². The number of likely N-dealkylation sites (tertiary alicyclic amines) is 1. The van der Waals surface area contributed by atoms with Gasteiger partial charge in [-0.15, -0.1) is 0 Å². The number of benzene rings is 1. The molecule has 0 radical (unpaired) electrons. The van der Waals surface area contributed by atoms with Crippen molar-refractivity contribution in [2.45, 2.75) is 38.6 Å². The van der Waals surface area contributed by atoms with Gasteiger partial charge < -0.3 is 9.47 Å². The molecule has 3 aromatic rings. The van der Waals surface area contributed by atoms with Crippen molar-refractivity contribution in [1.29, 1.82) is 0 Å². The Labute approximate surface area is 157 Å². The van der Waals surface area contributed by atoms with Crippen LogP contribution in [0.1, 0.15) is 37.2 Å². The van der Waals surface area contributed by atoms with Gasteiger partial charge in [0, 0.05) is 25.7 Å². The van der Waals surface area contributed by atoms with Crippen molar-refractivity contribution in [3.63, 3.8) is 0 Å². The van der Waals surface area contributed by atoms with Gasteiger partial charge in [0.05, 0.1) is 12.5 Å². The average Bonchev–Trinajstić information content (AvgIpc) is 3.26. The first-order chi connectivity index (χ1) is 13.2. The molecule has 0 saturated carbocycles. The minimum absolute atomic E-state index is 0.0394. The highest BCUT2D eigenvalue weighted by Gasteiger charge is 2.30. The second-order valence-electron chi connectivity index (χ2n) is 7.08. The third-order valence-electron chi connectivity index (χ3n) is 5.12. The van der Waals surface area contributed by atoms with Crippen LogP contribution in [0.25, 0.3) is 11.2 Å². The van der Waals surface area contributed by atoms with E-state index in [-0.39, 0.29) is 24.2 Å². The van der Waals surface area contributed by atoms with Crippen LogP contribution in [0.2, 0.25) is 0 Å². The summed E-state index contributed by atoms with van der Waals surface area (Å²) in [5, 5.41) is 0. The fourth-order valence-electron chi connectivity index (χ4n) is 3.87. The van der Waals surface area contributed by atoms with E-state index in [0.717, 1.165) is 36.3 Å². The molecule has 1 amide bonds. The third kappa shape index (κ3) is 3.56. The first kappa shape index (κ1) is 17.6. The molecule has 0 N–H and O–H groups in total. The molecular weight excluding hydrogens is 343 g/mol. The molecule has 140 valence electrons. The van der Waals surface area contributed by atoms with Crippen molar-refractivity contribution in [1.82, 2.24) is 19.4 Å². The van der Waals surface area contributed by atoms with E-state index in [1.54, 1.807) is 18.3 Å². The highest BCUT2D eigenvalue weighted by atomic mass is 19.1. The van der Waals surface area contributed by atoms with Crippen LogP contribution in [-0.2, 0) is 17.6 Å². The zero-order chi connectivity index (χ0) is 18.8. The van der Waals surface area contributed by atoms with Crippen LogP contribution in [0.5, 0.6) is 0 Å². The molecule has 1 fully saturated rings. The number of carbonyl (C=O) groups is 1. The Morgan fingerprint density at radius 2 is 2.19 bits per heavy atom. The molecule has 3 heterocycles. The molecule has 1 saturated heterocycles. The summed E-state index contributed by atoms with van der Waals surface area (Å²) in [4.78, 5) is 23.8. The van der Waals surface area contributed by atoms with Gasteiger partial charge in [-0.25, -0.2) is 14.4 Å². The van der Waals surface area contributed by atoms with E-state index < -0.39 is 0 Å². The number of aryl methyl sites for hydroxylation is 1. The predicted octanol–water partition coefficient (Wildman–Crippen LogP) is 3.54. The number of hydrogen-bond donors (Lipinski definition) is 0. The number of imidazole rings is 1. The van der Waals surface area contributed by atoms with Crippen LogP contribution >= 0.6 is 0 Å². The van der Waals surface area contributed by atoms with Gasteiger partial charge in [0.25, 0.3) is 0 Å². The van der Waals surface area contributed by atoms with Crippen LogP contribution < -0.4 is 0 Å². The summed E-state index contributed by atoms with van der Waals surface area (Å²) >= 11 is 0. The van der Waals surface area contributed by atoms with Gasteiger partial charge in [0.15, 0.2) is 5.65 Å². The van der Waals surface area contributed by atoms with Gasteiger partial charge in [-0.05, 0) is 42.7 Å². The molecule has 1 aromatic carbocycles. The molecule has 27 heavy (non-hydrogen) atoms. The Bertz CT molecular complexity index is 968. The van der Waals surface area contributed by atoms with E-state index >= 15 is 0 Å². The highest BCUT2D eigenvalue weighted by molar-refractivity contribution is 5.79. The van der Waals surface area contributed by atoms with Crippen LogP contribution in [-0.4, -0.2) is 38.4 Å². The normalized spacial score (nSPS) is 17.0. The summed E-state index contributed by atoms with van der Waals surface area (Å²) in [7, 11) is 0. The number of hydrogen-bond acceptors (Lipinski definition) is 3. The molecule has 1 aliphatic heterocycles. The summed E-state index contributed by atoms with van der Waals surface area (Å²) in [6.07, 6.45) is 4.81. The second kappa shape index (κ2) is 7.47. The maximum atomic E-state index is 13.4. The van der Waals surface area contributed by atoms with Gasteiger partial charge in [0.2, 0.25) is 5.91 Å². The Balaban J connectivity index is 1.53. The minimum atomic E-state index is -0.306. The number of amides is 1. The number of carbonyl (C=O) groups excluding carboxylic acids is 1. The molecule has 0 unspecified atom stereocenters. The fraction of sp³-hybridized carbons (Fsp3) is 0.381. The lowest BCUT2D eigenvalue weighted by Crippen LogP contribution is -2.30. The number of pyridine rings is 1. The largest absolute Gasteiger partial charge is 0.340 e. The zero-order valence-corrected chi connectivity index (χ0v) is 15.4. The summed E-state index contributed by atoms with van der Waals surface area (Å²) in [6.45, 7) is 3.49. The lowest BCUT2D eigenvalue weighted by molar-refractivity contribution is -0.129. The molecule has 1 aliphatic rings. The van der Waals surface area contributed by atoms with Crippen LogP contribution in [0.3, 0.4) is 0 Å². The molecule has 0 bridgehead atoms. The Morgan fingerprint density at radius 3 is 3.00 bits per heavy atom. The Kier molecular flexibility index (Phi) is 4.88. The number of aromatic nitrogens is 3. The van der Waals surface area contributed by atoms with Gasteiger partial charge in [-0.3, -0.25) is 4.79 Å². The minimum Gasteiger partial charge on any atom is -0.340 e. The number of rotatable bonds is 5. The number of fused-ring (bicyclic) bond motifs is 1. The van der Waals surface area contributed by atoms with Crippen molar-refractivity contribution in [3.05, 3.63) is 59.8 Å². The molecule has 6 heteroatoms. The maximum absolute atomic E-state index is 13.4. The maximum Gasteiger partial charge on any atom is 0.227 e. The monoisotopic (exact) mass is 366 g/mol. The topological polar surface area (TPSA) is 51.0 Å². The molecule has 2 aromatic heterocycles. The van der Waals surface area contributed by atoms with Crippen LogP contribution in [0.15, 0.2) is 42.6 Å². The molecule has 5 nitrogen and oxygen atoms in total. The molecule has 0 aliphatic carbocycles. The van der Waals surface area contributed by atoms with Gasteiger partial charge in [0.1, 0.15) is 17.2 Å². The second-order valence-corrected chi connectivity index (χ2v) is 7.08. The van der Waals surface area contributed by atoms with Crippen LogP contribution in [0.4, 0.5) is 4.39 Å². The number of nitrogens with zero attached hydrogens (tertiary/aromatic N) is 4. The van der Waals surface area contributed by atoms with E-state index in [1.165, 1.54) is 12.1 Å². The Hall–Kier alpha value is -2.76. The summed E-state index contributed by atoms with van der Waals surface area (Å²) in [5.74, 6) is 0.771. The zero-order valence-electron chi connectivity index (χ0n) is 15.4. The van der Waals surface area contributed by atoms with E-state index in [9.17, 15) is 9.18 Å². The average molecular weight is 366 g/mol. The quantitative estimate of drug-likeness (QED) is 0.694. The molecular formula is C21H23FN4O. The van der Waals surface area contributed by atoms with E-state index in [0.29, 0.717) is 18.7 Å². The first-order valence-corrected chi connectivity index (χ1v) is 9.49. The van der Waals surface area contributed by atoms with E-state index in [4.69, 9.17) is 4.98 Å². The third-order valence-corrected chi connectivity index (χ3v) is 5.12. The van der Waals surface area contributed by atoms with Crippen molar-refractivity contribution in [2.24, 2.45) is 0 Å².